The van der Waals surface area contributed by atoms with Crippen LogP contribution in [0.15, 0.2) is 32.3 Å². The minimum Gasteiger partial charge on any atom is -0.392 e. The molecule has 1 atom stereocenters. The van der Waals surface area contributed by atoms with Gasteiger partial charge in [0.25, 0.3) is 5.56 Å². The molecule has 2 rings (SSSR count). The second-order valence-corrected chi connectivity index (χ2v) is 5.18. The monoisotopic (exact) mass is 312 g/mol. The molecule has 0 aliphatic carbocycles. The van der Waals surface area contributed by atoms with E-state index in [0.29, 0.717) is 10.9 Å². The van der Waals surface area contributed by atoms with Crippen molar-refractivity contribution in [2.24, 2.45) is 7.05 Å². The van der Waals surface area contributed by atoms with Crippen LogP contribution in [0.1, 0.15) is 6.92 Å². The molecule has 0 aliphatic rings. The quantitative estimate of drug-likeness (QED) is 0.894. The maximum absolute atomic E-state index is 12.2. The maximum Gasteiger partial charge on any atom is 0.331 e. The molecule has 0 radical (unpaired) electrons. The number of hydrogen-bond acceptors (Lipinski definition) is 3. The van der Waals surface area contributed by atoms with Gasteiger partial charge in [0.15, 0.2) is 0 Å². The summed E-state index contributed by atoms with van der Waals surface area (Å²) in [4.78, 5) is 24.2. The molecule has 0 saturated heterocycles. The van der Waals surface area contributed by atoms with Gasteiger partial charge in [-0.3, -0.25) is 13.9 Å². The predicted molar refractivity (Wildman–Crippen MR) is 72.8 cm³/mol. The summed E-state index contributed by atoms with van der Waals surface area (Å²) in [6, 6.07) is 5.14. The van der Waals surface area contributed by atoms with Gasteiger partial charge in [-0.25, -0.2) is 4.79 Å². The number of nitrogens with zero attached hydrogens (tertiary/aromatic N) is 2. The largest absolute Gasteiger partial charge is 0.392 e. The smallest absolute Gasteiger partial charge is 0.331 e. The van der Waals surface area contributed by atoms with E-state index in [1.165, 1.54) is 11.5 Å². The number of halogens is 1. The van der Waals surface area contributed by atoms with Gasteiger partial charge in [0.1, 0.15) is 0 Å². The highest BCUT2D eigenvalue weighted by molar-refractivity contribution is 9.10. The molecule has 2 aromatic rings. The fraction of sp³-hybridized carbons (Fsp3) is 0.333. The number of benzene rings is 1. The van der Waals surface area contributed by atoms with E-state index in [9.17, 15) is 14.7 Å². The first-order valence-electron chi connectivity index (χ1n) is 5.49. The molecular weight excluding hydrogens is 300 g/mol. The lowest BCUT2D eigenvalue weighted by molar-refractivity contribution is 0.170. The molecule has 18 heavy (non-hydrogen) atoms. The van der Waals surface area contributed by atoms with Crippen molar-refractivity contribution in [3.05, 3.63) is 43.5 Å². The number of rotatable bonds is 2. The van der Waals surface area contributed by atoms with Gasteiger partial charge >= 0.3 is 5.69 Å². The first kappa shape index (κ1) is 13.0. The predicted octanol–water partition coefficient (Wildman–Crippen LogP) is 0.843. The van der Waals surface area contributed by atoms with Gasteiger partial charge in [0.05, 0.1) is 23.6 Å². The van der Waals surface area contributed by atoms with Crippen LogP contribution >= 0.6 is 15.9 Å². The number of aryl methyl sites for hydroxylation is 1. The van der Waals surface area contributed by atoms with Crippen molar-refractivity contribution in [2.75, 3.05) is 0 Å². The third kappa shape index (κ3) is 2.13. The molecule has 1 heterocycles. The summed E-state index contributed by atoms with van der Waals surface area (Å²) < 4.78 is 3.27. The van der Waals surface area contributed by atoms with Gasteiger partial charge in [-0.15, -0.1) is 0 Å². The van der Waals surface area contributed by atoms with Crippen molar-refractivity contribution in [3.8, 4) is 0 Å². The van der Waals surface area contributed by atoms with E-state index in [1.54, 1.807) is 25.2 Å². The normalized spacial score (nSPS) is 12.9. The van der Waals surface area contributed by atoms with E-state index < -0.39 is 11.8 Å². The maximum atomic E-state index is 12.2. The summed E-state index contributed by atoms with van der Waals surface area (Å²) in [5, 5.41) is 9.81. The summed E-state index contributed by atoms with van der Waals surface area (Å²) in [7, 11) is 1.61. The first-order chi connectivity index (χ1) is 8.41. The van der Waals surface area contributed by atoms with Gasteiger partial charge in [-0.1, -0.05) is 15.9 Å². The SMILES string of the molecule is CC(O)Cn1c(=O)c2ccc(Br)cc2n(C)c1=O. The van der Waals surface area contributed by atoms with Crippen molar-refractivity contribution < 1.29 is 5.11 Å². The zero-order valence-electron chi connectivity index (χ0n) is 10.1. The van der Waals surface area contributed by atoms with Crippen molar-refractivity contribution in [3.63, 3.8) is 0 Å². The number of aromatic nitrogens is 2. The van der Waals surface area contributed by atoms with Gasteiger partial charge in [0, 0.05) is 11.5 Å². The first-order valence-corrected chi connectivity index (χ1v) is 6.28. The summed E-state index contributed by atoms with van der Waals surface area (Å²) in [6.45, 7) is 1.54. The van der Waals surface area contributed by atoms with E-state index in [2.05, 4.69) is 15.9 Å². The van der Waals surface area contributed by atoms with Gasteiger partial charge in [-0.05, 0) is 25.1 Å². The van der Waals surface area contributed by atoms with E-state index >= 15 is 0 Å². The highest BCUT2D eigenvalue weighted by Gasteiger charge is 2.12. The summed E-state index contributed by atoms with van der Waals surface area (Å²) in [5.41, 5.74) is -0.228. The topological polar surface area (TPSA) is 64.2 Å². The lowest BCUT2D eigenvalue weighted by Crippen LogP contribution is -2.41. The molecule has 1 aromatic carbocycles. The van der Waals surface area contributed by atoms with Crippen molar-refractivity contribution in [1.29, 1.82) is 0 Å². The molecule has 6 heteroatoms. The van der Waals surface area contributed by atoms with Crippen molar-refractivity contribution >= 4 is 26.8 Å². The molecule has 0 spiro atoms. The van der Waals surface area contributed by atoms with E-state index in [4.69, 9.17) is 0 Å². The highest BCUT2D eigenvalue weighted by atomic mass is 79.9. The van der Waals surface area contributed by atoms with Crippen LogP contribution < -0.4 is 11.2 Å². The van der Waals surface area contributed by atoms with Crippen molar-refractivity contribution in [2.45, 2.75) is 19.6 Å². The third-order valence-electron chi connectivity index (χ3n) is 2.76. The Morgan fingerprint density at radius 2 is 2.06 bits per heavy atom. The Kier molecular flexibility index (Phi) is 3.41. The second-order valence-electron chi connectivity index (χ2n) is 4.27. The van der Waals surface area contributed by atoms with Gasteiger partial charge in [0.2, 0.25) is 0 Å². The van der Waals surface area contributed by atoms with Gasteiger partial charge < -0.3 is 5.11 Å². The Bertz CT molecular complexity index is 716. The number of hydrogen-bond donors (Lipinski definition) is 1. The molecule has 0 aliphatic heterocycles. The standard InChI is InChI=1S/C12H13BrN2O3/c1-7(16)6-15-11(17)9-4-3-8(13)5-10(9)14(2)12(15)18/h3-5,7,16H,6H2,1-2H3. The minimum absolute atomic E-state index is 0.00247. The van der Waals surface area contributed by atoms with Crippen LogP contribution in [-0.4, -0.2) is 20.3 Å². The zero-order valence-corrected chi connectivity index (χ0v) is 11.6. The van der Waals surface area contributed by atoms with Crippen LogP contribution in [0.3, 0.4) is 0 Å². The average Bonchev–Trinajstić information content (AvgIpc) is 2.31. The van der Waals surface area contributed by atoms with Crippen LogP contribution in [-0.2, 0) is 13.6 Å². The average molecular weight is 313 g/mol. The lowest BCUT2D eigenvalue weighted by atomic mass is 10.2. The van der Waals surface area contributed by atoms with Crippen LogP contribution in [0.25, 0.3) is 10.9 Å². The van der Waals surface area contributed by atoms with Crippen LogP contribution in [0, 0.1) is 0 Å². The molecule has 0 bridgehead atoms. The second kappa shape index (κ2) is 4.70. The molecule has 5 nitrogen and oxygen atoms in total. The number of aliphatic hydroxyl groups is 1. The molecule has 0 saturated carbocycles. The molecular formula is C12H13BrN2O3. The fourth-order valence-corrected chi connectivity index (χ4v) is 2.25. The zero-order chi connectivity index (χ0) is 13.4. The van der Waals surface area contributed by atoms with E-state index in [1.807, 2.05) is 0 Å². The summed E-state index contributed by atoms with van der Waals surface area (Å²) in [6.07, 6.45) is -0.747. The molecule has 96 valence electrons. The Labute approximate surface area is 111 Å². The molecule has 0 fully saturated rings. The number of aliphatic hydroxyl groups excluding tert-OH is 1. The van der Waals surface area contributed by atoms with Crippen LogP contribution in [0.5, 0.6) is 0 Å². The van der Waals surface area contributed by atoms with Crippen molar-refractivity contribution in [1.82, 2.24) is 9.13 Å². The fourth-order valence-electron chi connectivity index (χ4n) is 1.90. The molecule has 1 aromatic heterocycles. The Hall–Kier alpha value is -1.40. The Morgan fingerprint density at radius 3 is 2.67 bits per heavy atom. The van der Waals surface area contributed by atoms with Crippen LogP contribution in [0.4, 0.5) is 0 Å². The van der Waals surface area contributed by atoms with Gasteiger partial charge in [-0.2, -0.15) is 0 Å². The summed E-state index contributed by atoms with van der Waals surface area (Å²) in [5.74, 6) is 0. The minimum atomic E-state index is -0.747. The van der Waals surface area contributed by atoms with Crippen LogP contribution in [0.2, 0.25) is 0 Å². The Balaban J connectivity index is 2.88. The molecule has 1 N–H and O–H groups in total. The summed E-state index contributed by atoms with van der Waals surface area (Å²) >= 11 is 3.31. The highest BCUT2D eigenvalue weighted by Crippen LogP contribution is 2.15. The molecule has 1 unspecified atom stereocenters. The Morgan fingerprint density at radius 1 is 1.39 bits per heavy atom. The molecule has 0 amide bonds. The van der Waals surface area contributed by atoms with E-state index in [0.717, 1.165) is 9.04 Å². The van der Waals surface area contributed by atoms with E-state index in [-0.39, 0.29) is 12.1 Å². The third-order valence-corrected chi connectivity index (χ3v) is 3.25. The lowest BCUT2D eigenvalue weighted by Gasteiger charge is -2.12. The number of fused-ring (bicyclic) bond motifs is 1.